The fourth-order valence-electron chi connectivity index (χ4n) is 5.14. The normalized spacial score (nSPS) is 24.4. The van der Waals surface area contributed by atoms with Crippen LogP contribution in [0.5, 0.6) is 11.5 Å². The van der Waals surface area contributed by atoms with Crippen molar-refractivity contribution < 1.29 is 31.6 Å². The van der Waals surface area contributed by atoms with Crippen LogP contribution in [0, 0.1) is 23.7 Å². The maximum Gasteiger partial charge on any atom is 0.304 e. The monoisotopic (exact) mass is 493 g/mol. The lowest BCUT2D eigenvalue weighted by Gasteiger charge is -2.51. The van der Waals surface area contributed by atoms with Crippen molar-refractivity contribution in [3.8, 4) is 23.3 Å². The SMILES string of the molecule is COc1cc2c(cc1OC)[C@H]1C[C@@](C#CCOS(C)(=O)=O)(OC(C)=O)[C@H](CC(C)C)CN1CC2. The second kappa shape index (κ2) is 10.5. The fraction of sp³-hybridized carbons (Fsp3) is 0.640. The molecule has 0 saturated carbocycles. The molecule has 188 valence electrons. The molecule has 2 heterocycles. The second-order valence-corrected chi connectivity index (χ2v) is 11.1. The van der Waals surface area contributed by atoms with Gasteiger partial charge >= 0.3 is 5.97 Å². The summed E-state index contributed by atoms with van der Waals surface area (Å²) in [5, 5.41) is 0. The predicted molar refractivity (Wildman–Crippen MR) is 128 cm³/mol. The summed E-state index contributed by atoms with van der Waals surface area (Å²) in [6.07, 6.45) is 3.15. The maximum absolute atomic E-state index is 12.3. The molecule has 1 saturated heterocycles. The molecule has 0 aliphatic carbocycles. The Morgan fingerprint density at radius 2 is 1.91 bits per heavy atom. The van der Waals surface area contributed by atoms with Gasteiger partial charge in [0.25, 0.3) is 10.1 Å². The molecule has 34 heavy (non-hydrogen) atoms. The summed E-state index contributed by atoms with van der Waals surface area (Å²) in [4.78, 5) is 14.7. The molecule has 9 heteroatoms. The zero-order chi connectivity index (χ0) is 25.1. The Kier molecular flexibility index (Phi) is 8.17. The molecule has 1 aromatic rings. The largest absolute Gasteiger partial charge is 0.493 e. The van der Waals surface area contributed by atoms with Gasteiger partial charge in [0, 0.05) is 38.4 Å². The molecule has 2 aliphatic heterocycles. The summed E-state index contributed by atoms with van der Waals surface area (Å²) < 4.78 is 44.6. The number of rotatable bonds is 7. The van der Waals surface area contributed by atoms with E-state index < -0.39 is 21.7 Å². The van der Waals surface area contributed by atoms with Gasteiger partial charge in [0.05, 0.1) is 20.5 Å². The molecular weight excluding hydrogens is 458 g/mol. The van der Waals surface area contributed by atoms with Gasteiger partial charge in [-0.05, 0) is 42.0 Å². The summed E-state index contributed by atoms with van der Waals surface area (Å²) in [7, 11) is -0.387. The van der Waals surface area contributed by atoms with Crippen LogP contribution in [0.1, 0.15) is 50.8 Å². The summed E-state index contributed by atoms with van der Waals surface area (Å²) in [6.45, 7) is 6.96. The smallest absolute Gasteiger partial charge is 0.304 e. The Bertz CT molecular complexity index is 1070. The van der Waals surface area contributed by atoms with E-state index in [1.165, 1.54) is 12.5 Å². The minimum absolute atomic E-state index is 0.0277. The number of nitrogens with zero attached hydrogens (tertiary/aromatic N) is 1. The lowest BCUT2D eigenvalue weighted by atomic mass is 9.71. The number of methoxy groups -OCH3 is 2. The first-order valence-corrected chi connectivity index (χ1v) is 13.3. The number of hydrogen-bond acceptors (Lipinski definition) is 8. The second-order valence-electron chi connectivity index (χ2n) is 9.45. The lowest BCUT2D eigenvalue weighted by molar-refractivity contribution is -0.165. The van der Waals surface area contributed by atoms with Gasteiger partial charge in [-0.2, -0.15) is 8.42 Å². The number of carbonyl (C=O) groups is 1. The van der Waals surface area contributed by atoms with E-state index in [0.717, 1.165) is 31.2 Å². The highest BCUT2D eigenvalue weighted by molar-refractivity contribution is 7.86. The van der Waals surface area contributed by atoms with Crippen LogP contribution in [0.3, 0.4) is 0 Å². The molecule has 3 atom stereocenters. The van der Waals surface area contributed by atoms with Crippen molar-refractivity contribution in [1.82, 2.24) is 4.90 Å². The zero-order valence-electron chi connectivity index (χ0n) is 20.8. The van der Waals surface area contributed by atoms with E-state index in [4.69, 9.17) is 18.4 Å². The number of ether oxygens (including phenoxy) is 3. The van der Waals surface area contributed by atoms with Gasteiger partial charge < -0.3 is 14.2 Å². The van der Waals surface area contributed by atoms with Crippen LogP contribution in [-0.2, 0) is 30.3 Å². The van der Waals surface area contributed by atoms with Gasteiger partial charge in [0.1, 0.15) is 6.61 Å². The molecule has 8 nitrogen and oxygen atoms in total. The number of hydrogen-bond donors (Lipinski definition) is 0. The van der Waals surface area contributed by atoms with Crippen LogP contribution < -0.4 is 9.47 Å². The summed E-state index contributed by atoms with van der Waals surface area (Å²) >= 11 is 0. The van der Waals surface area contributed by atoms with Crippen molar-refractivity contribution in [1.29, 1.82) is 0 Å². The van der Waals surface area contributed by atoms with E-state index >= 15 is 0 Å². The van der Waals surface area contributed by atoms with Crippen LogP contribution in [0.2, 0.25) is 0 Å². The standard InChI is InChI=1S/C25H35NO7S/c1-17(2)12-20-16-26-10-8-19-13-23(30-4)24(31-5)14-21(19)22(26)15-25(20,33-18(3)27)9-7-11-32-34(6,28)29/h13-14,17,20,22H,8,10-12,15-16H2,1-6H3/t20-,22-,25-/m1/s1. The van der Waals surface area contributed by atoms with E-state index in [1.54, 1.807) is 14.2 Å². The maximum atomic E-state index is 12.3. The first-order valence-electron chi connectivity index (χ1n) is 11.5. The van der Waals surface area contributed by atoms with E-state index in [9.17, 15) is 13.2 Å². The summed E-state index contributed by atoms with van der Waals surface area (Å²) in [5.41, 5.74) is 1.23. The van der Waals surface area contributed by atoms with Crippen LogP contribution in [0.4, 0.5) is 0 Å². The third-order valence-electron chi connectivity index (χ3n) is 6.45. The van der Waals surface area contributed by atoms with E-state index in [1.807, 2.05) is 12.1 Å². The molecule has 2 aliphatic rings. The quantitative estimate of drug-likeness (QED) is 0.325. The molecule has 0 radical (unpaired) electrons. The van der Waals surface area contributed by atoms with E-state index in [2.05, 4.69) is 30.6 Å². The number of esters is 1. The van der Waals surface area contributed by atoms with Gasteiger partial charge in [0.2, 0.25) is 0 Å². The highest BCUT2D eigenvalue weighted by Gasteiger charge is 2.50. The molecule has 1 aromatic carbocycles. The van der Waals surface area contributed by atoms with Crippen molar-refractivity contribution in [2.24, 2.45) is 11.8 Å². The van der Waals surface area contributed by atoms with Crippen molar-refractivity contribution >= 4 is 16.1 Å². The predicted octanol–water partition coefficient (Wildman–Crippen LogP) is 2.95. The Balaban J connectivity index is 2.05. The van der Waals surface area contributed by atoms with Crippen LogP contribution in [0.15, 0.2) is 12.1 Å². The topological polar surface area (TPSA) is 91.4 Å². The Morgan fingerprint density at radius 3 is 2.50 bits per heavy atom. The Hall–Kier alpha value is -2.28. The molecule has 0 aromatic heterocycles. The third-order valence-corrected chi connectivity index (χ3v) is 7.00. The number of piperidine rings is 1. The van der Waals surface area contributed by atoms with Gasteiger partial charge in [-0.3, -0.25) is 13.9 Å². The van der Waals surface area contributed by atoms with E-state index in [-0.39, 0.29) is 18.6 Å². The third kappa shape index (κ3) is 6.04. The summed E-state index contributed by atoms with van der Waals surface area (Å²) in [5.74, 6) is 7.24. The van der Waals surface area contributed by atoms with Crippen molar-refractivity contribution in [3.05, 3.63) is 23.3 Å². The fourth-order valence-corrected chi connectivity index (χ4v) is 5.41. The van der Waals surface area contributed by atoms with Gasteiger partial charge in [-0.1, -0.05) is 25.7 Å². The molecular formula is C25H35NO7S. The first kappa shape index (κ1) is 26.3. The molecule has 0 N–H and O–H groups in total. The Labute approximate surface area is 203 Å². The average molecular weight is 494 g/mol. The molecule has 0 amide bonds. The number of fused-ring (bicyclic) bond motifs is 3. The molecule has 3 rings (SSSR count). The van der Waals surface area contributed by atoms with E-state index in [0.29, 0.717) is 30.4 Å². The number of carbonyl (C=O) groups excluding carboxylic acids is 1. The van der Waals surface area contributed by atoms with Gasteiger partial charge in [-0.15, -0.1) is 0 Å². The minimum atomic E-state index is -3.62. The number of benzene rings is 1. The van der Waals surface area contributed by atoms with Crippen molar-refractivity contribution in [2.75, 3.05) is 40.2 Å². The van der Waals surface area contributed by atoms with Gasteiger partial charge in [-0.25, -0.2) is 0 Å². The molecule has 0 unspecified atom stereocenters. The van der Waals surface area contributed by atoms with Crippen LogP contribution >= 0.6 is 0 Å². The highest BCUT2D eigenvalue weighted by Crippen LogP contribution is 2.48. The molecule has 1 fully saturated rings. The van der Waals surface area contributed by atoms with Crippen LogP contribution in [-0.4, -0.2) is 65.1 Å². The first-order chi connectivity index (χ1) is 16.0. The molecule has 0 bridgehead atoms. The Morgan fingerprint density at radius 1 is 1.24 bits per heavy atom. The summed E-state index contributed by atoms with van der Waals surface area (Å²) in [6, 6.07) is 3.99. The average Bonchev–Trinajstić information content (AvgIpc) is 2.75. The minimum Gasteiger partial charge on any atom is -0.493 e. The highest BCUT2D eigenvalue weighted by atomic mass is 32.2. The van der Waals surface area contributed by atoms with Gasteiger partial charge in [0.15, 0.2) is 17.1 Å². The van der Waals surface area contributed by atoms with Crippen LogP contribution in [0.25, 0.3) is 0 Å². The molecule has 0 spiro atoms. The van der Waals surface area contributed by atoms with Crippen molar-refractivity contribution in [2.45, 2.75) is 51.7 Å². The van der Waals surface area contributed by atoms with Crippen molar-refractivity contribution in [3.63, 3.8) is 0 Å². The zero-order valence-corrected chi connectivity index (χ0v) is 21.7. The lowest BCUT2D eigenvalue weighted by Crippen LogP contribution is -2.56.